The third-order valence-electron chi connectivity index (χ3n) is 5.57. The maximum Gasteiger partial charge on any atom is 0.265 e. The first-order chi connectivity index (χ1) is 12.6. The van der Waals surface area contributed by atoms with Gasteiger partial charge in [-0.25, -0.2) is 0 Å². The molecule has 0 spiro atoms. The second-order valence-electron chi connectivity index (χ2n) is 7.24. The van der Waals surface area contributed by atoms with Gasteiger partial charge in [-0.3, -0.25) is 14.5 Å². The molecule has 1 aliphatic carbocycles. The van der Waals surface area contributed by atoms with E-state index < -0.39 is 0 Å². The number of aryl methyl sites for hydroxylation is 1. The summed E-state index contributed by atoms with van der Waals surface area (Å²) in [4.78, 5) is 26.5. The van der Waals surface area contributed by atoms with E-state index in [9.17, 15) is 9.59 Å². The molecule has 4 rings (SSSR count). The van der Waals surface area contributed by atoms with E-state index >= 15 is 0 Å². The van der Waals surface area contributed by atoms with Crippen molar-refractivity contribution in [1.29, 1.82) is 0 Å². The Morgan fingerprint density at radius 2 is 2.27 bits per heavy atom. The van der Waals surface area contributed by atoms with Crippen LogP contribution in [0, 0.1) is 18.8 Å². The van der Waals surface area contributed by atoms with E-state index in [1.165, 1.54) is 4.90 Å². The molecular formula is C19H24N2O5. The van der Waals surface area contributed by atoms with Gasteiger partial charge in [0.05, 0.1) is 18.4 Å². The Morgan fingerprint density at radius 1 is 1.42 bits per heavy atom. The summed E-state index contributed by atoms with van der Waals surface area (Å²) in [5, 5.41) is 3.10. The van der Waals surface area contributed by atoms with Crippen molar-refractivity contribution in [2.24, 2.45) is 11.8 Å². The zero-order valence-electron chi connectivity index (χ0n) is 15.1. The van der Waals surface area contributed by atoms with Crippen molar-refractivity contribution in [3.05, 3.63) is 23.8 Å². The highest BCUT2D eigenvalue weighted by molar-refractivity contribution is 6.02. The second kappa shape index (κ2) is 6.89. The van der Waals surface area contributed by atoms with Gasteiger partial charge in [-0.2, -0.15) is 0 Å². The van der Waals surface area contributed by atoms with Crippen LogP contribution in [0.25, 0.3) is 0 Å². The Hall–Kier alpha value is -2.12. The Kier molecular flexibility index (Phi) is 4.58. The molecule has 2 aliphatic heterocycles. The number of rotatable bonds is 5. The highest BCUT2D eigenvalue weighted by Gasteiger charge is 2.54. The molecule has 7 nitrogen and oxygen atoms in total. The maximum atomic E-state index is 12.7. The number of fused-ring (bicyclic) bond motifs is 2. The third kappa shape index (κ3) is 2.95. The van der Waals surface area contributed by atoms with Crippen LogP contribution in [0.15, 0.2) is 18.2 Å². The molecule has 7 heteroatoms. The van der Waals surface area contributed by atoms with Crippen LogP contribution in [0.3, 0.4) is 0 Å². The van der Waals surface area contributed by atoms with Crippen molar-refractivity contribution in [3.8, 4) is 5.75 Å². The minimum Gasteiger partial charge on any atom is -0.482 e. The number of hydrogen-bond acceptors (Lipinski definition) is 5. The molecule has 0 radical (unpaired) electrons. The molecule has 26 heavy (non-hydrogen) atoms. The SMILES string of the molecule is COC[C@H]1[C@H](NC(=O)CN2C(=O)COc3ccc(C)cc32)[C@H]2CCO[C@H]21. The van der Waals surface area contributed by atoms with Crippen LogP contribution < -0.4 is 15.0 Å². The molecule has 2 amide bonds. The van der Waals surface area contributed by atoms with Crippen molar-refractivity contribution in [2.75, 3.05) is 38.4 Å². The first-order valence-corrected chi connectivity index (χ1v) is 9.02. The summed E-state index contributed by atoms with van der Waals surface area (Å²) >= 11 is 0. The van der Waals surface area contributed by atoms with E-state index in [-0.39, 0.29) is 43.0 Å². The van der Waals surface area contributed by atoms with E-state index in [0.717, 1.165) is 18.6 Å². The number of benzene rings is 1. The van der Waals surface area contributed by atoms with E-state index in [2.05, 4.69) is 5.32 Å². The second-order valence-corrected chi connectivity index (χ2v) is 7.24. The van der Waals surface area contributed by atoms with Gasteiger partial charge in [0.15, 0.2) is 6.61 Å². The zero-order chi connectivity index (χ0) is 18.3. The van der Waals surface area contributed by atoms with Gasteiger partial charge in [-0.1, -0.05) is 6.07 Å². The minimum absolute atomic E-state index is 0.00685. The molecule has 2 heterocycles. The summed E-state index contributed by atoms with van der Waals surface area (Å²) in [6.45, 7) is 3.19. The third-order valence-corrected chi connectivity index (χ3v) is 5.57. The molecule has 4 atom stereocenters. The molecule has 0 aromatic heterocycles. The Morgan fingerprint density at radius 3 is 3.08 bits per heavy atom. The number of ether oxygens (including phenoxy) is 3. The van der Waals surface area contributed by atoms with E-state index in [0.29, 0.717) is 24.0 Å². The van der Waals surface area contributed by atoms with Crippen LogP contribution in [0.2, 0.25) is 0 Å². The molecule has 0 bridgehead atoms. The number of nitrogens with one attached hydrogen (secondary N) is 1. The van der Waals surface area contributed by atoms with Gasteiger partial charge in [0.2, 0.25) is 5.91 Å². The summed E-state index contributed by atoms with van der Waals surface area (Å²) in [7, 11) is 1.66. The van der Waals surface area contributed by atoms with Crippen LogP contribution in [0.1, 0.15) is 12.0 Å². The fourth-order valence-electron chi connectivity index (χ4n) is 4.30. The smallest absolute Gasteiger partial charge is 0.265 e. The van der Waals surface area contributed by atoms with Gasteiger partial charge in [0, 0.05) is 31.6 Å². The van der Waals surface area contributed by atoms with Gasteiger partial charge in [0.1, 0.15) is 12.3 Å². The molecule has 1 aromatic carbocycles. The van der Waals surface area contributed by atoms with Crippen molar-refractivity contribution >= 4 is 17.5 Å². The van der Waals surface area contributed by atoms with Crippen LogP contribution in [-0.4, -0.2) is 57.4 Å². The maximum absolute atomic E-state index is 12.7. The number of methoxy groups -OCH3 is 1. The van der Waals surface area contributed by atoms with Crippen molar-refractivity contribution in [2.45, 2.75) is 25.5 Å². The average molecular weight is 360 g/mol. The number of hydrogen-bond donors (Lipinski definition) is 1. The topological polar surface area (TPSA) is 77.1 Å². The fraction of sp³-hybridized carbons (Fsp3) is 0.579. The highest BCUT2D eigenvalue weighted by atomic mass is 16.5. The predicted molar refractivity (Wildman–Crippen MR) is 94.2 cm³/mol. The lowest BCUT2D eigenvalue weighted by Gasteiger charge is -2.47. The molecule has 1 aromatic rings. The summed E-state index contributed by atoms with van der Waals surface area (Å²) in [6, 6.07) is 5.68. The summed E-state index contributed by atoms with van der Waals surface area (Å²) in [5.41, 5.74) is 1.66. The number of amides is 2. The first kappa shape index (κ1) is 17.3. The fourth-order valence-corrected chi connectivity index (χ4v) is 4.30. The molecule has 140 valence electrons. The highest BCUT2D eigenvalue weighted by Crippen LogP contribution is 2.43. The monoisotopic (exact) mass is 360 g/mol. The van der Waals surface area contributed by atoms with Crippen LogP contribution in [0.4, 0.5) is 5.69 Å². The largest absolute Gasteiger partial charge is 0.482 e. The van der Waals surface area contributed by atoms with Gasteiger partial charge in [-0.15, -0.1) is 0 Å². The van der Waals surface area contributed by atoms with Crippen LogP contribution >= 0.6 is 0 Å². The van der Waals surface area contributed by atoms with Gasteiger partial charge in [0.25, 0.3) is 5.91 Å². The number of carbonyl (C=O) groups is 2. The van der Waals surface area contributed by atoms with Gasteiger partial charge >= 0.3 is 0 Å². The van der Waals surface area contributed by atoms with E-state index in [4.69, 9.17) is 14.2 Å². The Balaban J connectivity index is 1.45. The Bertz CT molecular complexity index is 722. The molecular weight excluding hydrogens is 336 g/mol. The van der Waals surface area contributed by atoms with Gasteiger partial charge < -0.3 is 19.5 Å². The lowest BCUT2D eigenvalue weighted by molar-refractivity contribution is -0.130. The molecule has 0 unspecified atom stereocenters. The number of nitrogens with zero attached hydrogens (tertiary/aromatic N) is 1. The predicted octanol–water partition coefficient (Wildman–Crippen LogP) is 0.887. The van der Waals surface area contributed by atoms with Crippen LogP contribution in [-0.2, 0) is 19.1 Å². The number of anilines is 1. The molecule has 1 saturated heterocycles. The van der Waals surface area contributed by atoms with Crippen molar-refractivity contribution < 1.29 is 23.8 Å². The number of carbonyl (C=O) groups excluding carboxylic acids is 2. The van der Waals surface area contributed by atoms with Crippen LogP contribution in [0.5, 0.6) is 5.75 Å². The summed E-state index contributed by atoms with van der Waals surface area (Å²) < 4.78 is 16.5. The minimum atomic E-state index is -0.206. The van der Waals surface area contributed by atoms with Gasteiger partial charge in [-0.05, 0) is 31.0 Å². The van der Waals surface area contributed by atoms with E-state index in [1.54, 1.807) is 7.11 Å². The molecule has 1 N–H and O–H groups in total. The van der Waals surface area contributed by atoms with Crippen molar-refractivity contribution in [3.63, 3.8) is 0 Å². The molecule has 3 aliphatic rings. The summed E-state index contributed by atoms with van der Waals surface area (Å²) in [6.07, 6.45) is 1.13. The summed E-state index contributed by atoms with van der Waals surface area (Å²) in [5.74, 6) is 0.778. The quantitative estimate of drug-likeness (QED) is 0.844. The zero-order valence-corrected chi connectivity index (χ0v) is 15.1. The van der Waals surface area contributed by atoms with E-state index in [1.807, 2.05) is 25.1 Å². The molecule has 2 fully saturated rings. The lowest BCUT2D eigenvalue weighted by atomic mass is 9.67. The van der Waals surface area contributed by atoms with Crippen molar-refractivity contribution in [1.82, 2.24) is 5.32 Å². The Labute approximate surface area is 152 Å². The normalized spacial score (nSPS) is 29.5. The molecule has 1 saturated carbocycles. The first-order valence-electron chi connectivity index (χ1n) is 9.02. The standard InChI is InChI=1S/C19H24N2O5/c1-11-3-4-15-14(7-11)21(17(23)10-26-15)8-16(22)20-18-12-5-6-25-19(12)13(18)9-24-2/h3-4,7,12-13,18-19H,5-6,8-10H2,1-2H3,(H,20,22)/t12-,13+,18-,19-/m1/s1. The average Bonchev–Trinajstić information content (AvgIpc) is 3.05. The lowest BCUT2D eigenvalue weighted by Crippen LogP contribution is -2.63.